The average Bonchev–Trinajstić information content (AvgIpc) is 3.14. The van der Waals surface area contributed by atoms with Crippen LogP contribution in [0.3, 0.4) is 0 Å². The Morgan fingerprint density at radius 3 is 2.82 bits per heavy atom. The Bertz CT molecular complexity index is 1270. The molecule has 1 amide bonds. The molecule has 0 bridgehead atoms. The number of amides is 1. The summed E-state index contributed by atoms with van der Waals surface area (Å²) in [5.74, 6) is 3.01. The van der Waals surface area contributed by atoms with Gasteiger partial charge in [-0.25, -0.2) is 4.98 Å². The molecule has 4 aromatic rings. The maximum Gasteiger partial charge on any atom is 0.230 e. The van der Waals surface area contributed by atoms with E-state index in [-0.39, 0.29) is 5.91 Å². The van der Waals surface area contributed by atoms with Crippen molar-refractivity contribution >= 4 is 39.8 Å². The lowest BCUT2D eigenvalue weighted by Gasteiger charge is -2.20. The second-order valence-corrected chi connectivity index (χ2v) is 10.1. The molecule has 0 radical (unpaired) electrons. The van der Waals surface area contributed by atoms with Crippen LogP contribution in [0.25, 0.3) is 0 Å². The molecular formula is C24H25N5O2S2. The van der Waals surface area contributed by atoms with E-state index < -0.39 is 0 Å². The molecule has 1 saturated carbocycles. The molecular weight excluding hydrogens is 454 g/mol. The first-order chi connectivity index (χ1) is 16.0. The first kappa shape index (κ1) is 21.9. The van der Waals surface area contributed by atoms with Gasteiger partial charge in [0.1, 0.15) is 11.6 Å². The number of carbonyl (C=O) groups is 1. The summed E-state index contributed by atoms with van der Waals surface area (Å²) in [5.41, 5.74) is 4.00. The highest BCUT2D eigenvalue weighted by atomic mass is 32.2. The summed E-state index contributed by atoms with van der Waals surface area (Å²) < 4.78 is 7.72. The van der Waals surface area contributed by atoms with Gasteiger partial charge in [-0.3, -0.25) is 14.3 Å². The largest absolute Gasteiger partial charge is 0.467 e. The standard InChI is InChI=1S/C24H25N5O2S2/c1-15-6-9-21(16(2)11-15)29(17(3)30)23-25-19(13-32-23)14-33-24-27-26-22(18-7-8-18)28(24)12-20-5-4-10-31-20/h4-6,9-11,13,18H,7-8,12,14H2,1-3H3. The molecule has 9 heteroatoms. The Morgan fingerprint density at radius 1 is 1.27 bits per heavy atom. The molecule has 0 atom stereocenters. The fraction of sp³-hybridized carbons (Fsp3) is 0.333. The molecule has 5 rings (SSSR count). The number of hydrogen-bond donors (Lipinski definition) is 0. The van der Waals surface area contributed by atoms with E-state index in [2.05, 4.69) is 20.8 Å². The lowest BCUT2D eigenvalue weighted by atomic mass is 10.1. The SMILES string of the molecule is CC(=O)N(c1nc(CSc2nnc(C3CC3)n2Cc2ccco2)cs1)c1ccc(C)cc1C. The van der Waals surface area contributed by atoms with Gasteiger partial charge in [0.15, 0.2) is 10.3 Å². The Kier molecular flexibility index (Phi) is 6.07. The number of aromatic nitrogens is 4. The highest BCUT2D eigenvalue weighted by molar-refractivity contribution is 7.98. The van der Waals surface area contributed by atoms with Gasteiger partial charge >= 0.3 is 0 Å². The summed E-state index contributed by atoms with van der Waals surface area (Å²) in [6.45, 7) is 6.27. The van der Waals surface area contributed by atoms with Crippen molar-refractivity contribution in [3.8, 4) is 0 Å². The molecule has 7 nitrogen and oxygen atoms in total. The third-order valence-electron chi connectivity index (χ3n) is 5.57. The highest BCUT2D eigenvalue weighted by Crippen LogP contribution is 2.40. The molecule has 0 saturated heterocycles. The minimum atomic E-state index is -0.0530. The van der Waals surface area contributed by atoms with Crippen molar-refractivity contribution in [2.45, 2.75) is 57.0 Å². The highest BCUT2D eigenvalue weighted by Gasteiger charge is 2.31. The second-order valence-electron chi connectivity index (χ2n) is 8.34. The van der Waals surface area contributed by atoms with E-state index in [1.807, 2.05) is 43.5 Å². The topological polar surface area (TPSA) is 77.1 Å². The number of anilines is 2. The van der Waals surface area contributed by atoms with Crippen molar-refractivity contribution in [3.63, 3.8) is 0 Å². The first-order valence-corrected chi connectivity index (χ1v) is 12.8. The van der Waals surface area contributed by atoms with E-state index in [0.29, 0.717) is 23.3 Å². The predicted octanol–water partition coefficient (Wildman–Crippen LogP) is 5.85. The molecule has 1 aliphatic carbocycles. The summed E-state index contributed by atoms with van der Waals surface area (Å²) in [6.07, 6.45) is 4.02. The number of benzene rings is 1. The minimum Gasteiger partial charge on any atom is -0.467 e. The van der Waals surface area contributed by atoms with Gasteiger partial charge in [0.05, 0.1) is 24.2 Å². The van der Waals surface area contributed by atoms with E-state index in [1.165, 1.54) is 16.9 Å². The summed E-state index contributed by atoms with van der Waals surface area (Å²) in [4.78, 5) is 19.0. The van der Waals surface area contributed by atoms with Gasteiger partial charge in [0.25, 0.3) is 0 Å². The number of hydrogen-bond acceptors (Lipinski definition) is 7. The van der Waals surface area contributed by atoms with Crippen LogP contribution < -0.4 is 4.90 Å². The van der Waals surface area contributed by atoms with E-state index in [4.69, 9.17) is 9.40 Å². The molecule has 0 N–H and O–H groups in total. The maximum atomic E-state index is 12.5. The van der Waals surface area contributed by atoms with Crippen LogP contribution in [0.5, 0.6) is 0 Å². The number of aryl methyl sites for hydroxylation is 2. The number of carbonyl (C=O) groups excluding carboxylic acids is 1. The quantitative estimate of drug-likeness (QED) is 0.295. The van der Waals surface area contributed by atoms with Crippen LogP contribution in [-0.2, 0) is 17.1 Å². The van der Waals surface area contributed by atoms with Crippen molar-refractivity contribution in [2.75, 3.05) is 4.90 Å². The predicted molar refractivity (Wildman–Crippen MR) is 130 cm³/mol. The van der Waals surface area contributed by atoms with E-state index in [9.17, 15) is 4.79 Å². The zero-order valence-electron chi connectivity index (χ0n) is 18.8. The van der Waals surface area contributed by atoms with E-state index in [0.717, 1.165) is 46.5 Å². The van der Waals surface area contributed by atoms with Gasteiger partial charge in [-0.1, -0.05) is 29.5 Å². The van der Waals surface area contributed by atoms with Gasteiger partial charge in [0, 0.05) is 24.0 Å². The molecule has 0 unspecified atom stereocenters. The molecule has 0 aliphatic heterocycles. The first-order valence-electron chi connectivity index (χ1n) is 10.9. The molecule has 170 valence electrons. The number of rotatable bonds is 8. The van der Waals surface area contributed by atoms with Crippen LogP contribution in [0.1, 0.15) is 54.1 Å². The molecule has 1 aromatic carbocycles. The lowest BCUT2D eigenvalue weighted by Crippen LogP contribution is -2.23. The smallest absolute Gasteiger partial charge is 0.230 e. The van der Waals surface area contributed by atoms with Crippen LogP contribution in [0.4, 0.5) is 10.8 Å². The molecule has 1 aliphatic rings. The number of thiazole rings is 1. The number of nitrogens with zero attached hydrogens (tertiary/aromatic N) is 5. The normalized spacial score (nSPS) is 13.4. The van der Waals surface area contributed by atoms with Crippen LogP contribution in [0.2, 0.25) is 0 Å². The van der Waals surface area contributed by atoms with Crippen LogP contribution in [-0.4, -0.2) is 25.7 Å². The van der Waals surface area contributed by atoms with Crippen molar-refractivity contribution < 1.29 is 9.21 Å². The Hall–Kier alpha value is -2.91. The Labute approximate surface area is 200 Å². The minimum absolute atomic E-state index is 0.0530. The van der Waals surface area contributed by atoms with Crippen LogP contribution >= 0.6 is 23.1 Å². The monoisotopic (exact) mass is 479 g/mol. The van der Waals surface area contributed by atoms with Gasteiger partial charge in [-0.05, 0) is 50.5 Å². The molecule has 33 heavy (non-hydrogen) atoms. The summed E-state index contributed by atoms with van der Waals surface area (Å²) in [5, 5.41) is 12.5. The van der Waals surface area contributed by atoms with Gasteiger partial charge < -0.3 is 4.42 Å². The number of thioether (sulfide) groups is 1. The van der Waals surface area contributed by atoms with Gasteiger partial charge in [0.2, 0.25) is 5.91 Å². The maximum absolute atomic E-state index is 12.5. The third-order valence-corrected chi connectivity index (χ3v) is 7.45. The van der Waals surface area contributed by atoms with Gasteiger partial charge in [-0.15, -0.1) is 21.5 Å². The van der Waals surface area contributed by atoms with Crippen molar-refractivity contribution in [3.05, 3.63) is 70.4 Å². The fourth-order valence-electron chi connectivity index (χ4n) is 3.82. The second kappa shape index (κ2) is 9.15. The van der Waals surface area contributed by atoms with E-state index >= 15 is 0 Å². The van der Waals surface area contributed by atoms with Crippen molar-refractivity contribution in [2.24, 2.45) is 0 Å². The number of furan rings is 1. The average molecular weight is 480 g/mol. The van der Waals surface area contributed by atoms with Crippen LogP contribution in [0, 0.1) is 13.8 Å². The molecule has 1 fully saturated rings. The summed E-state index contributed by atoms with van der Waals surface area (Å²) in [6, 6.07) is 9.96. The molecule has 3 aromatic heterocycles. The van der Waals surface area contributed by atoms with Crippen LogP contribution in [0.15, 0.2) is 51.5 Å². The third kappa shape index (κ3) is 4.74. The van der Waals surface area contributed by atoms with Gasteiger partial charge in [-0.2, -0.15) is 0 Å². The Morgan fingerprint density at radius 2 is 2.12 bits per heavy atom. The fourth-order valence-corrected chi connectivity index (χ4v) is 5.65. The zero-order chi connectivity index (χ0) is 22.9. The zero-order valence-corrected chi connectivity index (χ0v) is 20.4. The van der Waals surface area contributed by atoms with Crippen molar-refractivity contribution in [1.29, 1.82) is 0 Å². The Balaban J connectivity index is 1.35. The molecule has 0 spiro atoms. The van der Waals surface area contributed by atoms with E-state index in [1.54, 1.807) is 29.8 Å². The molecule has 3 heterocycles. The lowest BCUT2D eigenvalue weighted by molar-refractivity contribution is -0.115. The summed E-state index contributed by atoms with van der Waals surface area (Å²) >= 11 is 3.09. The van der Waals surface area contributed by atoms with Crippen molar-refractivity contribution in [1.82, 2.24) is 19.7 Å². The summed E-state index contributed by atoms with van der Waals surface area (Å²) in [7, 11) is 0.